The molecule has 9 nitrogen and oxygen atoms in total. The summed E-state index contributed by atoms with van der Waals surface area (Å²) in [5.41, 5.74) is -0.450. The van der Waals surface area contributed by atoms with Gasteiger partial charge in [-0.15, -0.1) is 24.5 Å². The highest BCUT2D eigenvalue weighted by Crippen LogP contribution is 2.42. The predicted octanol–water partition coefficient (Wildman–Crippen LogP) is 5.50. The monoisotopic (exact) mass is 617 g/mol. The molecule has 14 heteroatoms. The molecule has 226 valence electrons. The lowest BCUT2D eigenvalue weighted by molar-refractivity contribution is -0.274. The molecule has 0 bridgehead atoms. The average molecular weight is 618 g/mol. The van der Waals surface area contributed by atoms with Crippen LogP contribution in [0.15, 0.2) is 23.1 Å². The number of carbonyl (C=O) groups is 2. The SMILES string of the molecule is CC(C)(C)NS(=O)(=O)c1ccc(-c2sc(C(=O)NC3CC(C(=O)O)C3)nc2CC2CCCCC2)c(OC(F)(F)F)c1. The predicted molar refractivity (Wildman–Crippen MR) is 146 cm³/mol. The molecule has 0 spiro atoms. The molecule has 1 aromatic carbocycles. The lowest BCUT2D eigenvalue weighted by atomic mass is 9.80. The van der Waals surface area contributed by atoms with Crippen LogP contribution in [-0.4, -0.2) is 48.3 Å². The van der Waals surface area contributed by atoms with Gasteiger partial charge in [-0.05, 0) is 58.1 Å². The summed E-state index contributed by atoms with van der Waals surface area (Å²) in [6.07, 6.45) is 0.938. The molecule has 1 amide bonds. The maximum Gasteiger partial charge on any atom is 0.573 e. The zero-order valence-corrected chi connectivity index (χ0v) is 24.6. The number of carbonyl (C=O) groups excluding carboxylic acids is 1. The number of carboxylic acid groups (broad SMARTS) is 1. The van der Waals surface area contributed by atoms with Crippen LogP contribution in [0.3, 0.4) is 0 Å². The molecule has 0 aliphatic heterocycles. The number of nitrogens with zero attached hydrogens (tertiary/aromatic N) is 1. The first-order valence-corrected chi connectivity index (χ1v) is 15.8. The van der Waals surface area contributed by atoms with Crippen molar-refractivity contribution in [2.45, 2.75) is 95.0 Å². The van der Waals surface area contributed by atoms with E-state index in [0.717, 1.165) is 49.5 Å². The molecule has 4 rings (SSSR count). The van der Waals surface area contributed by atoms with E-state index in [0.29, 0.717) is 17.0 Å². The summed E-state index contributed by atoms with van der Waals surface area (Å²) in [6.45, 7) is 4.83. The highest BCUT2D eigenvalue weighted by Gasteiger charge is 2.37. The van der Waals surface area contributed by atoms with Gasteiger partial charge >= 0.3 is 12.3 Å². The Morgan fingerprint density at radius 1 is 1.12 bits per heavy atom. The Bertz CT molecular complexity index is 1390. The Kier molecular flexibility index (Phi) is 9.05. The van der Waals surface area contributed by atoms with Crippen molar-refractivity contribution in [1.82, 2.24) is 15.0 Å². The molecule has 2 aliphatic carbocycles. The largest absolute Gasteiger partial charge is 0.573 e. The maximum atomic E-state index is 13.5. The van der Waals surface area contributed by atoms with E-state index in [4.69, 9.17) is 5.11 Å². The summed E-state index contributed by atoms with van der Waals surface area (Å²) < 4.78 is 73.1. The summed E-state index contributed by atoms with van der Waals surface area (Å²) in [6, 6.07) is 2.96. The molecular weight excluding hydrogens is 583 g/mol. The van der Waals surface area contributed by atoms with Crippen molar-refractivity contribution in [3.05, 3.63) is 28.9 Å². The van der Waals surface area contributed by atoms with Gasteiger partial charge in [0.05, 0.1) is 21.4 Å². The molecule has 2 aliphatic rings. The third-order valence-electron chi connectivity index (χ3n) is 7.10. The van der Waals surface area contributed by atoms with Crippen LogP contribution in [-0.2, 0) is 21.2 Å². The first kappa shape index (κ1) is 31.2. The number of hydrogen-bond acceptors (Lipinski definition) is 7. The molecule has 2 fully saturated rings. The fraction of sp³-hybridized carbons (Fsp3) is 0.593. The number of alkyl halides is 3. The van der Waals surface area contributed by atoms with Crippen molar-refractivity contribution in [1.29, 1.82) is 0 Å². The van der Waals surface area contributed by atoms with Gasteiger partial charge < -0.3 is 15.2 Å². The number of halogens is 3. The highest BCUT2D eigenvalue weighted by molar-refractivity contribution is 7.89. The van der Waals surface area contributed by atoms with E-state index < -0.39 is 50.4 Å². The summed E-state index contributed by atoms with van der Waals surface area (Å²) in [7, 11) is -4.17. The Morgan fingerprint density at radius 2 is 1.78 bits per heavy atom. The number of aliphatic carboxylic acids is 1. The third kappa shape index (κ3) is 8.19. The number of amides is 1. The van der Waals surface area contributed by atoms with Gasteiger partial charge in [0.1, 0.15) is 5.75 Å². The Hall–Kier alpha value is -2.71. The van der Waals surface area contributed by atoms with E-state index in [-0.39, 0.29) is 35.4 Å². The quantitative estimate of drug-likeness (QED) is 0.338. The van der Waals surface area contributed by atoms with Gasteiger partial charge in [0.25, 0.3) is 5.91 Å². The zero-order chi connectivity index (χ0) is 30.2. The van der Waals surface area contributed by atoms with Gasteiger partial charge in [-0.1, -0.05) is 32.1 Å². The molecule has 1 heterocycles. The first-order valence-electron chi connectivity index (χ1n) is 13.5. The van der Waals surface area contributed by atoms with Crippen LogP contribution in [0.5, 0.6) is 5.75 Å². The lowest BCUT2D eigenvalue weighted by Crippen LogP contribution is -2.46. The standard InChI is InChI=1S/C27H34F3N3O6S2/c1-26(2,3)33-41(37,38)18-9-10-19(21(14-18)39-27(28,29)30)22-20(11-15-7-5-4-6-8-15)32-24(40-22)23(34)31-17-12-16(13-17)25(35)36/h9-10,14-17,33H,4-8,11-13H2,1-3H3,(H,31,34)(H,35,36). The second-order valence-corrected chi connectivity index (χ2v) is 14.4. The molecule has 2 saturated carbocycles. The number of carboxylic acids is 1. The van der Waals surface area contributed by atoms with Crippen molar-refractivity contribution in [2.24, 2.45) is 11.8 Å². The Labute approximate surface area is 240 Å². The Morgan fingerprint density at radius 3 is 2.37 bits per heavy atom. The molecule has 2 aromatic rings. The minimum Gasteiger partial charge on any atom is -0.481 e. The number of thiazole rings is 1. The minimum absolute atomic E-state index is 0.0195. The smallest absolute Gasteiger partial charge is 0.481 e. The molecule has 0 saturated heterocycles. The van der Waals surface area contributed by atoms with Gasteiger partial charge in [-0.2, -0.15) is 0 Å². The van der Waals surface area contributed by atoms with Gasteiger partial charge in [-0.3, -0.25) is 9.59 Å². The molecule has 0 unspecified atom stereocenters. The molecule has 41 heavy (non-hydrogen) atoms. The number of benzene rings is 1. The first-order chi connectivity index (χ1) is 19.0. The van der Waals surface area contributed by atoms with E-state index in [1.54, 1.807) is 20.8 Å². The minimum atomic E-state index is -5.10. The van der Waals surface area contributed by atoms with Crippen molar-refractivity contribution in [2.75, 3.05) is 0 Å². The van der Waals surface area contributed by atoms with Crippen LogP contribution in [0, 0.1) is 11.8 Å². The normalized spacial score (nSPS) is 20.3. The maximum absolute atomic E-state index is 13.5. The molecule has 3 N–H and O–H groups in total. The summed E-state index contributed by atoms with van der Waals surface area (Å²) in [5.74, 6) is -2.46. The fourth-order valence-corrected chi connectivity index (χ4v) is 7.63. The molecule has 0 atom stereocenters. The van der Waals surface area contributed by atoms with E-state index in [2.05, 4.69) is 19.8 Å². The second-order valence-electron chi connectivity index (χ2n) is 11.7. The lowest BCUT2D eigenvalue weighted by Gasteiger charge is -2.32. The van der Waals surface area contributed by atoms with Crippen molar-refractivity contribution < 1.29 is 41.0 Å². The van der Waals surface area contributed by atoms with Crippen LogP contribution in [0.2, 0.25) is 0 Å². The van der Waals surface area contributed by atoms with E-state index in [9.17, 15) is 31.2 Å². The van der Waals surface area contributed by atoms with E-state index >= 15 is 0 Å². The summed E-state index contributed by atoms with van der Waals surface area (Å²) >= 11 is 0.905. The average Bonchev–Trinajstić information content (AvgIpc) is 3.22. The topological polar surface area (TPSA) is 135 Å². The van der Waals surface area contributed by atoms with Crippen molar-refractivity contribution in [3.63, 3.8) is 0 Å². The number of hydrogen-bond donors (Lipinski definition) is 3. The third-order valence-corrected chi connectivity index (χ3v) is 9.98. The molecule has 1 aromatic heterocycles. The van der Waals surface area contributed by atoms with Gasteiger partial charge in [0.2, 0.25) is 10.0 Å². The van der Waals surface area contributed by atoms with Gasteiger partial charge in [0, 0.05) is 23.2 Å². The van der Waals surface area contributed by atoms with Crippen molar-refractivity contribution in [3.8, 4) is 16.2 Å². The number of sulfonamides is 1. The number of aromatic nitrogens is 1. The number of rotatable bonds is 9. The number of nitrogens with one attached hydrogen (secondary N) is 2. The summed E-state index contributed by atoms with van der Waals surface area (Å²) in [5, 5.41) is 11.9. The second kappa shape index (κ2) is 11.9. The van der Waals surface area contributed by atoms with Crippen LogP contribution in [0.4, 0.5) is 13.2 Å². The molecule has 0 radical (unpaired) electrons. The van der Waals surface area contributed by atoms with Crippen LogP contribution >= 0.6 is 11.3 Å². The van der Waals surface area contributed by atoms with Crippen LogP contribution < -0.4 is 14.8 Å². The van der Waals surface area contributed by atoms with Gasteiger partial charge in [0.15, 0.2) is 5.01 Å². The van der Waals surface area contributed by atoms with Gasteiger partial charge in [-0.25, -0.2) is 18.1 Å². The van der Waals surface area contributed by atoms with Crippen molar-refractivity contribution >= 4 is 33.2 Å². The highest BCUT2D eigenvalue weighted by atomic mass is 32.2. The van der Waals surface area contributed by atoms with E-state index in [1.807, 2.05) is 0 Å². The molecular formula is C27H34F3N3O6S2. The fourth-order valence-electron chi connectivity index (χ4n) is 5.18. The van der Waals surface area contributed by atoms with Crippen LogP contribution in [0.25, 0.3) is 10.4 Å². The van der Waals surface area contributed by atoms with E-state index in [1.165, 1.54) is 12.1 Å². The number of ether oxygens (including phenoxy) is 1. The zero-order valence-electron chi connectivity index (χ0n) is 23.0. The van der Waals surface area contributed by atoms with Crippen LogP contribution in [0.1, 0.15) is 81.2 Å². The Balaban J connectivity index is 1.72. The summed E-state index contributed by atoms with van der Waals surface area (Å²) in [4.78, 5) is 28.6.